The van der Waals surface area contributed by atoms with Crippen LogP contribution >= 0.6 is 11.6 Å². The number of allylic oxidation sites excluding steroid dienone is 4. The number of halogens is 2. The van der Waals surface area contributed by atoms with Crippen molar-refractivity contribution in [1.82, 2.24) is 5.32 Å². The fourth-order valence-corrected chi connectivity index (χ4v) is 3.71. The molecule has 0 bridgehead atoms. The molecule has 0 saturated carbocycles. The molecule has 0 fully saturated rings. The van der Waals surface area contributed by atoms with Gasteiger partial charge in [0.1, 0.15) is 18.2 Å². The van der Waals surface area contributed by atoms with E-state index in [1.165, 1.54) is 12.3 Å². The lowest BCUT2D eigenvalue weighted by Gasteiger charge is -2.30. The van der Waals surface area contributed by atoms with Crippen LogP contribution in [0.1, 0.15) is 18.4 Å². The van der Waals surface area contributed by atoms with E-state index >= 15 is 0 Å². The van der Waals surface area contributed by atoms with Gasteiger partial charge in [0.05, 0.1) is 11.6 Å². The monoisotopic (exact) mass is 420 g/mol. The van der Waals surface area contributed by atoms with Gasteiger partial charge in [0.25, 0.3) is 5.91 Å². The average Bonchev–Trinajstić information content (AvgIpc) is 2.69. The van der Waals surface area contributed by atoms with Crippen molar-refractivity contribution in [2.75, 3.05) is 18.5 Å². The average molecular weight is 421 g/mol. The number of anilines is 1. The van der Waals surface area contributed by atoms with E-state index in [-0.39, 0.29) is 43.7 Å². The van der Waals surface area contributed by atoms with Gasteiger partial charge in [-0.15, -0.1) is 0 Å². The lowest BCUT2D eigenvalue weighted by Crippen LogP contribution is -2.36. The lowest BCUT2D eigenvalue weighted by atomic mass is 9.78. The number of hydrogen-bond acceptors (Lipinski definition) is 4. The number of aryl methyl sites for hydroxylation is 1. The first-order valence-corrected chi connectivity index (χ1v) is 9.64. The summed E-state index contributed by atoms with van der Waals surface area (Å²) in [5.41, 5.74) is 1.60. The highest BCUT2D eigenvalue weighted by Gasteiger charge is 2.34. The zero-order valence-electron chi connectivity index (χ0n) is 15.9. The highest BCUT2D eigenvalue weighted by atomic mass is 35.5. The predicted molar refractivity (Wildman–Crippen MR) is 108 cm³/mol. The molecule has 29 heavy (non-hydrogen) atoms. The first kappa shape index (κ1) is 21.1. The van der Waals surface area contributed by atoms with Gasteiger partial charge in [-0.3, -0.25) is 9.59 Å². The fraction of sp³-hybridized carbons (Fsp3) is 0.333. The van der Waals surface area contributed by atoms with Crippen molar-refractivity contribution in [3.63, 3.8) is 0 Å². The topological polar surface area (TPSA) is 87.7 Å². The van der Waals surface area contributed by atoms with Crippen LogP contribution in [0.2, 0.25) is 5.02 Å². The molecule has 3 rings (SSSR count). The lowest BCUT2D eigenvalue weighted by molar-refractivity contribution is -0.122. The van der Waals surface area contributed by atoms with Crippen LogP contribution in [0.3, 0.4) is 0 Å². The molecule has 3 N–H and O–H groups in total. The zero-order chi connectivity index (χ0) is 21.0. The largest absolute Gasteiger partial charge is 0.490 e. The van der Waals surface area contributed by atoms with Crippen LogP contribution in [-0.4, -0.2) is 30.1 Å². The number of hydrogen-bond donors (Lipinski definition) is 3. The Labute approximate surface area is 173 Å². The van der Waals surface area contributed by atoms with E-state index < -0.39 is 11.8 Å². The number of ether oxygens (including phenoxy) is 1. The number of amides is 2. The number of aliphatic hydroxyl groups is 1. The Morgan fingerprint density at radius 3 is 2.93 bits per heavy atom. The highest BCUT2D eigenvalue weighted by Crippen LogP contribution is 2.36. The maximum absolute atomic E-state index is 13.7. The molecule has 2 atom stereocenters. The molecule has 0 saturated heterocycles. The molecule has 0 spiro atoms. The Morgan fingerprint density at radius 2 is 2.21 bits per heavy atom. The third-order valence-corrected chi connectivity index (χ3v) is 5.21. The van der Waals surface area contributed by atoms with E-state index in [4.69, 9.17) is 21.4 Å². The minimum absolute atomic E-state index is 0.0719. The van der Waals surface area contributed by atoms with Gasteiger partial charge in [-0.1, -0.05) is 23.8 Å². The van der Waals surface area contributed by atoms with E-state index in [1.807, 2.05) is 6.08 Å². The third kappa shape index (κ3) is 5.05. The van der Waals surface area contributed by atoms with Crippen molar-refractivity contribution in [2.45, 2.75) is 19.8 Å². The Kier molecular flexibility index (Phi) is 6.71. The van der Waals surface area contributed by atoms with E-state index in [2.05, 4.69) is 10.6 Å². The van der Waals surface area contributed by atoms with Gasteiger partial charge in [0.2, 0.25) is 5.91 Å². The van der Waals surface area contributed by atoms with Gasteiger partial charge in [0, 0.05) is 42.3 Å². The molecular formula is C21H22ClFN2O4. The number of carbonyl (C=O) groups is 2. The second-order valence-corrected chi connectivity index (χ2v) is 7.38. The molecule has 6 nitrogen and oxygen atoms in total. The molecule has 1 heterocycles. The SMILES string of the molecule is Cc1cc(Cl)c(OCCO)cc1NC(=O)C1=CNC(=O)C[C@@H]1C1C=CC=C(F)C1. The van der Waals surface area contributed by atoms with Crippen LogP contribution in [0.5, 0.6) is 5.75 Å². The van der Waals surface area contributed by atoms with Crippen LogP contribution in [0.4, 0.5) is 10.1 Å². The van der Waals surface area contributed by atoms with Gasteiger partial charge in [-0.05, 0) is 30.5 Å². The quantitative estimate of drug-likeness (QED) is 0.658. The van der Waals surface area contributed by atoms with E-state index in [9.17, 15) is 14.0 Å². The molecule has 2 amide bonds. The smallest absolute Gasteiger partial charge is 0.253 e. The second kappa shape index (κ2) is 9.24. The van der Waals surface area contributed by atoms with Crippen LogP contribution in [-0.2, 0) is 9.59 Å². The van der Waals surface area contributed by atoms with Crippen molar-refractivity contribution in [3.05, 3.63) is 58.5 Å². The number of carbonyl (C=O) groups excluding carboxylic acids is 2. The summed E-state index contributed by atoms with van der Waals surface area (Å²) in [6.45, 7) is 1.69. The summed E-state index contributed by atoms with van der Waals surface area (Å²) >= 11 is 6.15. The first-order chi connectivity index (χ1) is 13.9. The standard InChI is InChI=1S/C21H22ClFN2O4/c1-12-7-17(22)19(29-6-5-26)10-18(12)25-21(28)16-11-24-20(27)9-15(16)13-3-2-4-14(23)8-13/h2-4,7,10-11,13,15,26H,5-6,8-9H2,1H3,(H,24,27)(H,25,28)/t13?,15-/m1/s1. The summed E-state index contributed by atoms with van der Waals surface area (Å²) in [7, 11) is 0. The van der Waals surface area contributed by atoms with E-state index in [0.717, 1.165) is 5.56 Å². The molecular weight excluding hydrogens is 399 g/mol. The minimum Gasteiger partial charge on any atom is -0.490 e. The second-order valence-electron chi connectivity index (χ2n) is 6.97. The van der Waals surface area contributed by atoms with Gasteiger partial charge < -0.3 is 20.5 Å². The Morgan fingerprint density at radius 1 is 1.41 bits per heavy atom. The summed E-state index contributed by atoms with van der Waals surface area (Å²) in [5.74, 6) is -1.25. The Hall–Kier alpha value is -2.64. The van der Waals surface area contributed by atoms with Crippen molar-refractivity contribution < 1.29 is 23.8 Å². The van der Waals surface area contributed by atoms with Crippen LogP contribution in [0, 0.1) is 18.8 Å². The molecule has 8 heteroatoms. The highest BCUT2D eigenvalue weighted by molar-refractivity contribution is 6.32. The molecule has 0 radical (unpaired) electrons. The zero-order valence-corrected chi connectivity index (χ0v) is 16.6. The van der Waals surface area contributed by atoms with Crippen molar-refractivity contribution >= 4 is 29.1 Å². The third-order valence-electron chi connectivity index (χ3n) is 4.91. The fourth-order valence-electron chi connectivity index (χ4n) is 3.44. The summed E-state index contributed by atoms with van der Waals surface area (Å²) in [6.07, 6.45) is 6.46. The van der Waals surface area contributed by atoms with Crippen LogP contribution < -0.4 is 15.4 Å². The van der Waals surface area contributed by atoms with Crippen LogP contribution in [0.15, 0.2) is 48.0 Å². The van der Waals surface area contributed by atoms with E-state index in [0.29, 0.717) is 22.0 Å². The van der Waals surface area contributed by atoms with Gasteiger partial charge in [-0.25, -0.2) is 4.39 Å². The molecule has 1 unspecified atom stereocenters. The molecule has 154 valence electrons. The number of benzene rings is 1. The maximum Gasteiger partial charge on any atom is 0.253 e. The molecule has 0 aromatic heterocycles. The first-order valence-electron chi connectivity index (χ1n) is 9.26. The van der Waals surface area contributed by atoms with Gasteiger partial charge in [0.15, 0.2) is 0 Å². The number of nitrogens with one attached hydrogen (secondary N) is 2. The van der Waals surface area contributed by atoms with Crippen LogP contribution in [0.25, 0.3) is 0 Å². The normalized spacial score (nSPS) is 21.2. The molecule has 1 aliphatic heterocycles. The summed E-state index contributed by atoms with van der Waals surface area (Å²) in [5, 5.41) is 14.7. The molecule has 1 aromatic carbocycles. The summed E-state index contributed by atoms with van der Waals surface area (Å²) in [6, 6.07) is 3.24. The van der Waals surface area contributed by atoms with Gasteiger partial charge >= 0.3 is 0 Å². The maximum atomic E-state index is 13.7. The summed E-state index contributed by atoms with van der Waals surface area (Å²) in [4.78, 5) is 24.9. The Bertz CT molecular complexity index is 910. The van der Waals surface area contributed by atoms with Crippen molar-refractivity contribution in [1.29, 1.82) is 0 Å². The minimum atomic E-state index is -0.433. The van der Waals surface area contributed by atoms with Crippen molar-refractivity contribution in [3.8, 4) is 5.75 Å². The summed E-state index contributed by atoms with van der Waals surface area (Å²) < 4.78 is 19.1. The molecule has 1 aliphatic carbocycles. The van der Waals surface area contributed by atoms with Gasteiger partial charge in [-0.2, -0.15) is 0 Å². The number of aliphatic hydroxyl groups excluding tert-OH is 1. The van der Waals surface area contributed by atoms with Crippen molar-refractivity contribution in [2.24, 2.45) is 11.8 Å². The molecule has 2 aliphatic rings. The molecule has 1 aromatic rings. The number of rotatable bonds is 6. The Balaban J connectivity index is 1.82. The predicted octanol–water partition coefficient (Wildman–Crippen LogP) is 3.41. The van der Waals surface area contributed by atoms with E-state index in [1.54, 1.807) is 25.1 Å².